The Morgan fingerprint density at radius 2 is 2.33 bits per heavy atom. The van der Waals surface area contributed by atoms with Crippen LogP contribution in [0.4, 0.5) is 5.82 Å². The fourth-order valence-corrected chi connectivity index (χ4v) is 2.02. The second-order valence-electron chi connectivity index (χ2n) is 4.07. The molecule has 80 valence electrons. The van der Waals surface area contributed by atoms with Crippen LogP contribution in [0.15, 0.2) is 0 Å². The Morgan fingerprint density at radius 1 is 1.47 bits per heavy atom. The van der Waals surface area contributed by atoms with Crippen LogP contribution in [0.25, 0.3) is 0 Å². The Hall–Kier alpha value is -0.940. The van der Waals surface area contributed by atoms with Crippen LogP contribution in [0.1, 0.15) is 24.1 Å². The molecule has 1 aromatic rings. The summed E-state index contributed by atoms with van der Waals surface area (Å²) in [7, 11) is 0. The molecular weight excluding hydrogens is 210 g/mol. The fourth-order valence-electron chi connectivity index (χ4n) is 1.80. The van der Waals surface area contributed by atoms with Crippen LogP contribution in [0.2, 0.25) is 0 Å². The van der Waals surface area contributed by atoms with Crippen LogP contribution in [0, 0.1) is 4.77 Å². The van der Waals surface area contributed by atoms with Crippen LogP contribution >= 0.6 is 12.2 Å². The van der Waals surface area contributed by atoms with Crippen molar-refractivity contribution in [1.29, 1.82) is 0 Å². The van der Waals surface area contributed by atoms with Gasteiger partial charge in [0, 0.05) is 23.7 Å². The number of aromatic amines is 1. The number of ether oxygens (including phenoxy) is 1. The van der Waals surface area contributed by atoms with Crippen LogP contribution in [0.5, 0.6) is 0 Å². The van der Waals surface area contributed by atoms with Gasteiger partial charge >= 0.3 is 0 Å². The van der Waals surface area contributed by atoms with E-state index >= 15 is 0 Å². The monoisotopic (exact) mass is 223 g/mol. The summed E-state index contributed by atoms with van der Waals surface area (Å²) in [5.41, 5.74) is 2.34. The van der Waals surface area contributed by atoms with Crippen molar-refractivity contribution in [2.75, 3.05) is 11.9 Å². The summed E-state index contributed by atoms with van der Waals surface area (Å²) in [6, 6.07) is 0.598. The molecule has 0 aromatic carbocycles. The van der Waals surface area contributed by atoms with Crippen LogP contribution < -0.4 is 5.32 Å². The van der Waals surface area contributed by atoms with E-state index in [1.165, 1.54) is 18.5 Å². The normalized spacial score (nSPS) is 19.7. The van der Waals surface area contributed by atoms with Gasteiger partial charge in [-0.25, -0.2) is 4.98 Å². The lowest BCUT2D eigenvalue weighted by molar-refractivity contribution is 0.109. The van der Waals surface area contributed by atoms with E-state index < -0.39 is 0 Å². The van der Waals surface area contributed by atoms with Crippen molar-refractivity contribution < 1.29 is 4.74 Å². The smallest absolute Gasteiger partial charge is 0.198 e. The molecule has 5 heteroatoms. The first-order valence-corrected chi connectivity index (χ1v) is 5.70. The maximum absolute atomic E-state index is 5.44. The molecule has 0 spiro atoms. The van der Waals surface area contributed by atoms with E-state index in [4.69, 9.17) is 17.0 Å². The van der Waals surface area contributed by atoms with Gasteiger partial charge in [0.05, 0.1) is 13.2 Å². The predicted molar refractivity (Wildman–Crippen MR) is 59.4 cm³/mol. The zero-order valence-electron chi connectivity index (χ0n) is 8.38. The summed E-state index contributed by atoms with van der Waals surface area (Å²) in [5.74, 6) is 0.927. The van der Waals surface area contributed by atoms with Gasteiger partial charge in [0.15, 0.2) is 4.77 Å². The molecule has 1 aliphatic heterocycles. The first-order valence-electron chi connectivity index (χ1n) is 5.29. The minimum Gasteiger partial charge on any atom is -0.376 e. The number of aromatic nitrogens is 2. The highest BCUT2D eigenvalue weighted by atomic mass is 32.1. The molecular formula is C10H13N3OS. The van der Waals surface area contributed by atoms with Crippen molar-refractivity contribution in [2.24, 2.45) is 0 Å². The van der Waals surface area contributed by atoms with Gasteiger partial charge in [-0.1, -0.05) is 0 Å². The number of hydrogen-bond donors (Lipinski definition) is 2. The molecule has 2 N–H and O–H groups in total. The summed E-state index contributed by atoms with van der Waals surface area (Å²) in [6.45, 7) is 1.41. The zero-order valence-corrected chi connectivity index (χ0v) is 9.19. The fraction of sp³-hybridized carbons (Fsp3) is 0.600. The third-order valence-electron chi connectivity index (χ3n) is 2.78. The Morgan fingerprint density at radius 3 is 3.13 bits per heavy atom. The maximum atomic E-state index is 5.44. The zero-order chi connectivity index (χ0) is 10.3. The third kappa shape index (κ3) is 1.89. The van der Waals surface area contributed by atoms with Crippen LogP contribution in [-0.2, 0) is 17.8 Å². The summed E-state index contributed by atoms with van der Waals surface area (Å²) >= 11 is 5.11. The molecule has 4 nitrogen and oxygen atoms in total. The maximum Gasteiger partial charge on any atom is 0.198 e. The van der Waals surface area contributed by atoms with E-state index in [0.29, 0.717) is 17.4 Å². The SMILES string of the molecule is S=c1nc(NC2CC2)c2c([nH]1)CCOC2. The van der Waals surface area contributed by atoms with Crippen LogP contribution in [-0.4, -0.2) is 22.6 Å². The molecule has 0 amide bonds. The van der Waals surface area contributed by atoms with Gasteiger partial charge in [-0.05, 0) is 25.1 Å². The molecule has 2 aliphatic rings. The van der Waals surface area contributed by atoms with Crippen molar-refractivity contribution in [3.05, 3.63) is 16.0 Å². The minimum atomic E-state index is 0.568. The lowest BCUT2D eigenvalue weighted by Gasteiger charge is -2.19. The molecule has 3 rings (SSSR count). The van der Waals surface area contributed by atoms with E-state index in [1.807, 2.05) is 0 Å². The summed E-state index contributed by atoms with van der Waals surface area (Å²) in [6.07, 6.45) is 3.38. The van der Waals surface area contributed by atoms with Gasteiger partial charge in [-0.2, -0.15) is 0 Å². The van der Waals surface area contributed by atoms with E-state index in [9.17, 15) is 0 Å². The molecule has 0 radical (unpaired) electrons. The Labute approximate surface area is 93.1 Å². The van der Waals surface area contributed by atoms with Gasteiger partial charge in [0.25, 0.3) is 0 Å². The van der Waals surface area contributed by atoms with Gasteiger partial charge < -0.3 is 15.0 Å². The molecule has 1 fully saturated rings. The Kier molecular flexibility index (Phi) is 2.21. The Balaban J connectivity index is 2.01. The van der Waals surface area contributed by atoms with Crippen molar-refractivity contribution in [1.82, 2.24) is 9.97 Å². The largest absolute Gasteiger partial charge is 0.376 e. The van der Waals surface area contributed by atoms with Crippen molar-refractivity contribution in [2.45, 2.75) is 31.9 Å². The van der Waals surface area contributed by atoms with Crippen molar-refractivity contribution >= 4 is 18.0 Å². The third-order valence-corrected chi connectivity index (χ3v) is 2.98. The van der Waals surface area contributed by atoms with E-state index in [-0.39, 0.29) is 0 Å². The number of fused-ring (bicyclic) bond motifs is 1. The minimum absolute atomic E-state index is 0.568. The highest BCUT2D eigenvalue weighted by molar-refractivity contribution is 7.71. The number of nitrogens with one attached hydrogen (secondary N) is 2. The first-order chi connectivity index (χ1) is 7.33. The number of nitrogens with zero attached hydrogens (tertiary/aromatic N) is 1. The average molecular weight is 223 g/mol. The topological polar surface area (TPSA) is 49.9 Å². The lowest BCUT2D eigenvalue weighted by atomic mass is 10.1. The molecule has 2 heterocycles. The molecule has 1 aromatic heterocycles. The first kappa shape index (κ1) is 9.30. The molecule has 1 saturated carbocycles. The van der Waals surface area contributed by atoms with E-state index in [0.717, 1.165) is 24.4 Å². The molecule has 0 saturated heterocycles. The van der Waals surface area contributed by atoms with Crippen molar-refractivity contribution in [3.8, 4) is 0 Å². The highest BCUT2D eigenvalue weighted by Gasteiger charge is 2.24. The number of H-pyrrole nitrogens is 1. The quantitative estimate of drug-likeness (QED) is 0.750. The lowest BCUT2D eigenvalue weighted by Crippen LogP contribution is -2.17. The highest BCUT2D eigenvalue weighted by Crippen LogP contribution is 2.28. The summed E-state index contributed by atoms with van der Waals surface area (Å²) in [4.78, 5) is 7.48. The van der Waals surface area contributed by atoms with E-state index in [2.05, 4.69) is 15.3 Å². The molecule has 0 bridgehead atoms. The van der Waals surface area contributed by atoms with Crippen molar-refractivity contribution in [3.63, 3.8) is 0 Å². The van der Waals surface area contributed by atoms with Gasteiger partial charge in [-0.15, -0.1) is 0 Å². The van der Waals surface area contributed by atoms with Crippen LogP contribution in [0.3, 0.4) is 0 Å². The molecule has 15 heavy (non-hydrogen) atoms. The second-order valence-corrected chi connectivity index (χ2v) is 4.46. The summed E-state index contributed by atoms with van der Waals surface area (Å²) in [5, 5.41) is 3.41. The average Bonchev–Trinajstić information content (AvgIpc) is 3.01. The number of hydrogen-bond acceptors (Lipinski definition) is 4. The second kappa shape index (κ2) is 3.57. The number of rotatable bonds is 2. The number of anilines is 1. The molecule has 1 aliphatic carbocycles. The Bertz CT molecular complexity index is 439. The van der Waals surface area contributed by atoms with Gasteiger partial charge in [0.1, 0.15) is 5.82 Å². The van der Waals surface area contributed by atoms with Gasteiger partial charge in [0.2, 0.25) is 0 Å². The van der Waals surface area contributed by atoms with E-state index in [1.54, 1.807) is 0 Å². The standard InChI is InChI=1S/C10H13N3OS/c15-10-12-8-3-4-14-5-7(8)9(13-10)11-6-1-2-6/h6H,1-5H2,(H2,11,12,13,15). The van der Waals surface area contributed by atoms with Gasteiger partial charge in [-0.3, -0.25) is 0 Å². The predicted octanol–water partition coefficient (Wildman–Crippen LogP) is 1.79. The molecule has 0 atom stereocenters. The molecule has 0 unspecified atom stereocenters. The summed E-state index contributed by atoms with van der Waals surface area (Å²) < 4.78 is 6.01.